The second kappa shape index (κ2) is 14.1. The number of amides is 3. The first-order valence-corrected chi connectivity index (χ1v) is 13.8. The van der Waals surface area contributed by atoms with Crippen molar-refractivity contribution in [1.29, 1.82) is 0 Å². The summed E-state index contributed by atoms with van der Waals surface area (Å²) in [5.74, 6) is -1.50. The molecule has 2 atom stereocenters. The van der Waals surface area contributed by atoms with Gasteiger partial charge in [-0.25, -0.2) is 14.6 Å². The number of nitrogens with one attached hydrogen (secondary N) is 3. The van der Waals surface area contributed by atoms with Crippen LogP contribution in [0.1, 0.15) is 54.7 Å². The van der Waals surface area contributed by atoms with Gasteiger partial charge in [-0.1, -0.05) is 18.2 Å². The van der Waals surface area contributed by atoms with Crippen LogP contribution in [0.2, 0.25) is 0 Å². The summed E-state index contributed by atoms with van der Waals surface area (Å²) in [5.41, 5.74) is 4.27. The summed E-state index contributed by atoms with van der Waals surface area (Å²) in [4.78, 5) is 43.1. The van der Waals surface area contributed by atoms with Gasteiger partial charge in [0.1, 0.15) is 0 Å². The van der Waals surface area contributed by atoms with Crippen LogP contribution < -0.4 is 20.7 Å². The summed E-state index contributed by atoms with van der Waals surface area (Å²) in [7, 11) is 3.13. The summed E-state index contributed by atoms with van der Waals surface area (Å²) < 4.78 is 16.2. The highest BCUT2D eigenvalue weighted by Gasteiger charge is 2.31. The molecule has 0 aliphatic rings. The van der Waals surface area contributed by atoms with Gasteiger partial charge in [0, 0.05) is 30.6 Å². The molecule has 43 heavy (non-hydrogen) atoms. The van der Waals surface area contributed by atoms with E-state index < -0.39 is 35.7 Å². The molecular weight excluding hydrogens is 552 g/mol. The van der Waals surface area contributed by atoms with Gasteiger partial charge in [-0.2, -0.15) is 0 Å². The number of carboxylic acids is 1. The fourth-order valence-corrected chi connectivity index (χ4v) is 4.69. The van der Waals surface area contributed by atoms with Crippen molar-refractivity contribution in [3.63, 3.8) is 0 Å². The highest BCUT2D eigenvalue weighted by molar-refractivity contribution is 6.08. The normalized spacial score (nSPS) is 12.7. The minimum Gasteiger partial charge on any atom is -0.481 e. The van der Waals surface area contributed by atoms with Crippen LogP contribution in [-0.2, 0) is 20.9 Å². The van der Waals surface area contributed by atoms with E-state index in [9.17, 15) is 19.5 Å². The van der Waals surface area contributed by atoms with Crippen molar-refractivity contribution < 1.29 is 33.7 Å². The Bertz CT molecular complexity index is 1440. The molecule has 11 heteroatoms. The third-order valence-corrected chi connectivity index (χ3v) is 6.49. The molecule has 0 saturated carbocycles. The smallest absolute Gasteiger partial charge is 0.328 e. The Labute approximate surface area is 252 Å². The molecule has 0 aliphatic carbocycles. The number of rotatable bonds is 11. The highest BCUT2D eigenvalue weighted by atomic mass is 16.5. The minimum atomic E-state index is -1.34. The topological polar surface area (TPSA) is 148 Å². The number of carbonyl (C=O) groups is 3. The fourth-order valence-electron chi connectivity index (χ4n) is 4.69. The van der Waals surface area contributed by atoms with Crippen LogP contribution in [0.15, 0.2) is 48.7 Å². The molecule has 0 saturated heterocycles. The molecule has 0 radical (unpaired) electrons. The lowest BCUT2D eigenvalue weighted by Crippen LogP contribution is -2.50. The third kappa shape index (κ3) is 9.00. The maximum atomic E-state index is 13.5. The van der Waals surface area contributed by atoms with E-state index in [-0.39, 0.29) is 11.3 Å². The number of hydrogen-bond donors (Lipinski definition) is 4. The van der Waals surface area contributed by atoms with Gasteiger partial charge in [0.15, 0.2) is 6.04 Å². The van der Waals surface area contributed by atoms with Crippen LogP contribution in [0.4, 0.5) is 16.2 Å². The Kier molecular flexibility index (Phi) is 10.8. The second-order valence-electron chi connectivity index (χ2n) is 11.2. The van der Waals surface area contributed by atoms with Crippen LogP contribution in [0.5, 0.6) is 5.88 Å². The van der Waals surface area contributed by atoms with E-state index in [1.165, 1.54) is 13.2 Å². The van der Waals surface area contributed by atoms with E-state index in [1.54, 1.807) is 65.3 Å². The first kappa shape index (κ1) is 33.0. The van der Waals surface area contributed by atoms with Crippen molar-refractivity contribution in [2.45, 2.75) is 65.9 Å². The second-order valence-corrected chi connectivity index (χ2v) is 11.2. The molecule has 2 unspecified atom stereocenters. The Hall–Kier alpha value is -4.48. The summed E-state index contributed by atoms with van der Waals surface area (Å²) >= 11 is 0. The number of hydrogen-bond acceptors (Lipinski definition) is 7. The quantitative estimate of drug-likeness (QED) is 0.227. The van der Waals surface area contributed by atoms with E-state index in [0.29, 0.717) is 29.3 Å². The Balaban J connectivity index is 1.96. The van der Waals surface area contributed by atoms with E-state index in [0.717, 1.165) is 16.7 Å². The van der Waals surface area contributed by atoms with Gasteiger partial charge in [-0.15, -0.1) is 0 Å². The maximum absolute atomic E-state index is 13.5. The van der Waals surface area contributed by atoms with E-state index >= 15 is 0 Å². The molecule has 1 heterocycles. The molecule has 1 aromatic heterocycles. The Morgan fingerprint density at radius 2 is 1.60 bits per heavy atom. The maximum Gasteiger partial charge on any atom is 0.328 e. The predicted molar refractivity (Wildman–Crippen MR) is 165 cm³/mol. The van der Waals surface area contributed by atoms with Crippen LogP contribution in [0, 0.1) is 13.8 Å². The van der Waals surface area contributed by atoms with Crippen molar-refractivity contribution >= 4 is 29.3 Å². The highest BCUT2D eigenvalue weighted by Crippen LogP contribution is 2.28. The number of benzene rings is 2. The molecule has 3 amide bonds. The van der Waals surface area contributed by atoms with E-state index in [2.05, 4.69) is 20.9 Å². The minimum absolute atomic E-state index is 0.0680. The number of ether oxygens (including phenoxy) is 3. The van der Waals surface area contributed by atoms with Crippen LogP contribution in [0.3, 0.4) is 0 Å². The van der Waals surface area contributed by atoms with Gasteiger partial charge in [0.05, 0.1) is 36.7 Å². The molecule has 0 bridgehead atoms. The molecule has 2 aromatic carbocycles. The number of anilines is 2. The van der Waals surface area contributed by atoms with Gasteiger partial charge in [0.25, 0.3) is 5.91 Å². The van der Waals surface area contributed by atoms with Crippen LogP contribution in [-0.4, -0.2) is 60.0 Å². The summed E-state index contributed by atoms with van der Waals surface area (Å²) in [6.45, 7) is 11.2. The molecule has 0 fully saturated rings. The summed E-state index contributed by atoms with van der Waals surface area (Å²) in [6, 6.07) is 10.3. The number of urea groups is 1. The monoisotopic (exact) mass is 592 g/mol. The number of aryl methyl sites for hydroxylation is 2. The third-order valence-electron chi connectivity index (χ3n) is 6.49. The number of methoxy groups -OCH3 is 2. The first-order chi connectivity index (χ1) is 20.2. The number of aliphatic carboxylic acids is 1. The van der Waals surface area contributed by atoms with Gasteiger partial charge >= 0.3 is 12.0 Å². The van der Waals surface area contributed by atoms with Crippen LogP contribution >= 0.6 is 0 Å². The molecule has 3 rings (SSSR count). The van der Waals surface area contributed by atoms with Crippen molar-refractivity contribution in [1.82, 2.24) is 10.3 Å². The van der Waals surface area contributed by atoms with Gasteiger partial charge in [-0.3, -0.25) is 4.79 Å². The molecule has 0 aliphatic heterocycles. The largest absolute Gasteiger partial charge is 0.481 e. The number of pyridine rings is 1. The zero-order valence-electron chi connectivity index (χ0n) is 25.8. The molecule has 4 N–H and O–H groups in total. The van der Waals surface area contributed by atoms with Crippen molar-refractivity contribution in [2.24, 2.45) is 0 Å². The number of carbonyl (C=O) groups excluding carboxylic acids is 2. The van der Waals surface area contributed by atoms with Crippen molar-refractivity contribution in [3.8, 4) is 17.0 Å². The summed E-state index contributed by atoms with van der Waals surface area (Å²) in [5, 5.41) is 18.1. The standard InChI is InChI=1S/C32H40N4O7/c1-18-13-21(17-41-7)14-19(2)27(18)36-31(40)34-25-15-22(23-10-12-26(42-8)33-16-23)9-11-24(25)29(37)35-28(30(38)39)20(3)43-32(4,5)6/h9-16,20,28H,17H2,1-8H3,(H,35,37)(H,38,39)(H2,34,36,40). The number of nitrogens with zero attached hydrogens (tertiary/aromatic N) is 1. The molecule has 11 nitrogen and oxygen atoms in total. The van der Waals surface area contributed by atoms with E-state index in [1.807, 2.05) is 26.0 Å². The zero-order chi connectivity index (χ0) is 31.9. The Morgan fingerprint density at radius 3 is 2.14 bits per heavy atom. The lowest BCUT2D eigenvalue weighted by molar-refractivity contribution is -0.146. The first-order valence-electron chi connectivity index (χ1n) is 13.8. The Morgan fingerprint density at radius 1 is 0.953 bits per heavy atom. The molecule has 3 aromatic rings. The molecular formula is C32H40N4O7. The zero-order valence-corrected chi connectivity index (χ0v) is 25.8. The average molecular weight is 593 g/mol. The summed E-state index contributed by atoms with van der Waals surface area (Å²) in [6.07, 6.45) is 0.774. The predicted octanol–water partition coefficient (Wildman–Crippen LogP) is 5.55. The van der Waals surface area contributed by atoms with Gasteiger partial charge in [-0.05, 0) is 82.0 Å². The number of aromatic nitrogens is 1. The van der Waals surface area contributed by atoms with Crippen molar-refractivity contribution in [2.75, 3.05) is 24.9 Å². The van der Waals surface area contributed by atoms with Gasteiger partial charge < -0.3 is 35.3 Å². The number of carboxylic acid groups (broad SMARTS) is 1. The average Bonchev–Trinajstić information content (AvgIpc) is 2.92. The lowest BCUT2D eigenvalue weighted by atomic mass is 10.0. The lowest BCUT2D eigenvalue weighted by Gasteiger charge is -2.29. The fraction of sp³-hybridized carbons (Fsp3) is 0.375. The van der Waals surface area contributed by atoms with E-state index in [4.69, 9.17) is 14.2 Å². The molecule has 230 valence electrons. The molecule has 0 spiro atoms. The SMILES string of the molecule is COCc1cc(C)c(NC(=O)Nc2cc(-c3ccc(OC)nc3)ccc2C(=O)NC(C(=O)O)C(C)OC(C)(C)C)c(C)c1. The van der Waals surface area contributed by atoms with Gasteiger partial charge in [0.2, 0.25) is 5.88 Å². The van der Waals surface area contributed by atoms with Crippen LogP contribution in [0.25, 0.3) is 11.1 Å². The van der Waals surface area contributed by atoms with Crippen molar-refractivity contribution in [3.05, 3.63) is 70.9 Å².